The summed E-state index contributed by atoms with van der Waals surface area (Å²) in [6.07, 6.45) is 2.35. The molecule has 0 radical (unpaired) electrons. The molecule has 168 valence electrons. The van der Waals surface area contributed by atoms with Gasteiger partial charge in [-0.3, -0.25) is 4.79 Å². The Balaban J connectivity index is 1.81. The van der Waals surface area contributed by atoms with E-state index in [1.165, 1.54) is 13.3 Å². The zero-order chi connectivity index (χ0) is 23.1. The third-order valence-electron chi connectivity index (χ3n) is 4.92. The van der Waals surface area contributed by atoms with Crippen LogP contribution in [0.1, 0.15) is 43.1 Å². The number of nitrogens with zero attached hydrogens (tertiary/aromatic N) is 1. The number of carbonyl (C=O) groups is 1. The number of nitrogens with one attached hydrogen (secondary N) is 1. The lowest BCUT2D eigenvalue weighted by Gasteiger charge is -2.18. The van der Waals surface area contributed by atoms with Crippen molar-refractivity contribution in [3.63, 3.8) is 0 Å². The van der Waals surface area contributed by atoms with E-state index < -0.39 is 0 Å². The van der Waals surface area contributed by atoms with E-state index in [2.05, 4.69) is 10.5 Å². The maximum Gasteiger partial charge on any atom is 0.275 e. The van der Waals surface area contributed by atoms with Gasteiger partial charge in [-0.05, 0) is 60.9 Å². The molecule has 0 aliphatic carbocycles. The molecule has 1 N–H and O–H groups in total. The van der Waals surface area contributed by atoms with Crippen molar-refractivity contribution in [2.45, 2.75) is 33.3 Å². The highest BCUT2D eigenvalue weighted by Gasteiger charge is 2.15. The van der Waals surface area contributed by atoms with Crippen molar-refractivity contribution in [2.75, 3.05) is 13.7 Å². The zero-order valence-corrected chi connectivity index (χ0v) is 19.4. The van der Waals surface area contributed by atoms with Crippen LogP contribution in [-0.4, -0.2) is 31.9 Å². The number of fused-ring (bicyclic) bond motifs is 1. The number of rotatable bonds is 9. The normalized spacial score (nSPS) is 12.0. The summed E-state index contributed by atoms with van der Waals surface area (Å²) in [4.78, 5) is 12.7. The Morgan fingerprint density at radius 2 is 1.84 bits per heavy atom. The van der Waals surface area contributed by atoms with Crippen molar-refractivity contribution in [3.8, 4) is 17.2 Å². The van der Waals surface area contributed by atoms with Gasteiger partial charge in [-0.2, -0.15) is 5.10 Å². The fraction of sp³-hybridized carbons (Fsp3) is 0.280. The summed E-state index contributed by atoms with van der Waals surface area (Å²) in [7, 11) is 1.53. The van der Waals surface area contributed by atoms with Crippen LogP contribution in [0.4, 0.5) is 0 Å². The van der Waals surface area contributed by atoms with Gasteiger partial charge < -0.3 is 14.2 Å². The molecular weight excluding hydrogens is 428 g/mol. The van der Waals surface area contributed by atoms with Crippen molar-refractivity contribution >= 4 is 34.5 Å². The summed E-state index contributed by atoms with van der Waals surface area (Å²) < 4.78 is 17.0. The number of hydrogen-bond acceptors (Lipinski definition) is 5. The zero-order valence-electron chi connectivity index (χ0n) is 18.6. The number of amides is 1. The van der Waals surface area contributed by atoms with Gasteiger partial charge in [0, 0.05) is 0 Å². The quantitative estimate of drug-likeness (QED) is 0.325. The van der Waals surface area contributed by atoms with Gasteiger partial charge in [0.05, 0.1) is 36.6 Å². The Labute approximate surface area is 193 Å². The molecule has 0 spiro atoms. The van der Waals surface area contributed by atoms with Crippen molar-refractivity contribution < 1.29 is 19.0 Å². The lowest BCUT2D eigenvalue weighted by molar-refractivity contribution is 0.0952. The molecule has 0 unspecified atom stereocenters. The second-order valence-electron chi connectivity index (χ2n) is 7.20. The standard InChI is InChI=1S/C25H27ClN2O4/c1-5-16(3)32-24-21(26)11-17(12-23(24)31-6-2)15-27-28-25(29)20-13-18-9-7-8-10-19(18)14-22(20)30-4/h7-16H,5-6H2,1-4H3,(H,28,29)/b27-15-/t16-/m0/s1. The first kappa shape index (κ1) is 23.4. The van der Waals surface area contributed by atoms with Crippen LogP contribution in [0.5, 0.6) is 17.2 Å². The molecule has 0 aliphatic rings. The smallest absolute Gasteiger partial charge is 0.275 e. The monoisotopic (exact) mass is 454 g/mol. The highest BCUT2D eigenvalue weighted by atomic mass is 35.5. The van der Waals surface area contributed by atoms with Gasteiger partial charge in [0.1, 0.15) is 5.75 Å². The summed E-state index contributed by atoms with van der Waals surface area (Å²) >= 11 is 6.43. The third kappa shape index (κ3) is 5.51. The molecule has 32 heavy (non-hydrogen) atoms. The molecular formula is C25H27ClN2O4. The number of hydrogen-bond donors (Lipinski definition) is 1. The van der Waals surface area contributed by atoms with E-state index in [9.17, 15) is 4.79 Å². The van der Waals surface area contributed by atoms with Crippen molar-refractivity contribution in [2.24, 2.45) is 5.10 Å². The molecule has 0 fully saturated rings. The Morgan fingerprint density at radius 1 is 1.12 bits per heavy atom. The summed E-state index contributed by atoms with van der Waals surface area (Å²) in [5.41, 5.74) is 3.61. The highest BCUT2D eigenvalue weighted by Crippen LogP contribution is 2.37. The van der Waals surface area contributed by atoms with Gasteiger partial charge >= 0.3 is 0 Å². The van der Waals surface area contributed by atoms with Crippen LogP contribution < -0.4 is 19.6 Å². The van der Waals surface area contributed by atoms with E-state index in [0.29, 0.717) is 40.0 Å². The van der Waals surface area contributed by atoms with Crippen molar-refractivity contribution in [1.29, 1.82) is 0 Å². The van der Waals surface area contributed by atoms with Crippen LogP contribution in [0.2, 0.25) is 5.02 Å². The average Bonchev–Trinajstić information content (AvgIpc) is 2.80. The minimum Gasteiger partial charge on any atom is -0.496 e. The predicted molar refractivity (Wildman–Crippen MR) is 129 cm³/mol. The first-order valence-corrected chi connectivity index (χ1v) is 10.9. The van der Waals surface area contributed by atoms with E-state index in [0.717, 1.165) is 17.2 Å². The Bertz CT molecular complexity index is 1130. The molecule has 0 heterocycles. The molecule has 1 amide bonds. The van der Waals surface area contributed by atoms with Gasteiger partial charge in [-0.1, -0.05) is 42.8 Å². The first-order valence-electron chi connectivity index (χ1n) is 10.5. The maximum atomic E-state index is 12.7. The van der Waals surface area contributed by atoms with Gasteiger partial charge in [-0.25, -0.2) is 5.43 Å². The molecule has 0 saturated carbocycles. The second kappa shape index (κ2) is 10.9. The van der Waals surface area contributed by atoms with Crippen LogP contribution in [0.25, 0.3) is 10.8 Å². The number of carbonyl (C=O) groups excluding carboxylic acids is 1. The van der Waals surface area contributed by atoms with Crippen molar-refractivity contribution in [3.05, 3.63) is 64.7 Å². The lowest BCUT2D eigenvalue weighted by Crippen LogP contribution is -2.18. The Kier molecular flexibility index (Phi) is 7.95. The van der Waals surface area contributed by atoms with Crippen molar-refractivity contribution in [1.82, 2.24) is 5.43 Å². The summed E-state index contributed by atoms with van der Waals surface area (Å²) in [6.45, 7) is 6.36. The number of methoxy groups -OCH3 is 1. The van der Waals surface area contributed by atoms with E-state index in [1.54, 1.807) is 18.2 Å². The Hall–Kier alpha value is -3.25. The van der Waals surface area contributed by atoms with E-state index >= 15 is 0 Å². The SMILES string of the molecule is CCOc1cc(/C=N\NC(=O)c2cc3ccccc3cc2OC)cc(Cl)c1O[C@@H](C)CC. The van der Waals surface area contributed by atoms with Gasteiger partial charge in [0.25, 0.3) is 5.91 Å². The summed E-state index contributed by atoms with van der Waals surface area (Å²) in [6, 6.07) is 14.9. The molecule has 1 atom stereocenters. The van der Waals surface area contributed by atoms with Gasteiger partial charge in [0.2, 0.25) is 0 Å². The van der Waals surface area contributed by atoms with Gasteiger partial charge in [0.15, 0.2) is 11.5 Å². The van der Waals surface area contributed by atoms with E-state index in [1.807, 2.05) is 51.1 Å². The second-order valence-corrected chi connectivity index (χ2v) is 7.61. The minimum absolute atomic E-state index is 0.00226. The van der Waals surface area contributed by atoms with Crippen LogP contribution >= 0.6 is 11.6 Å². The molecule has 3 aromatic rings. The molecule has 0 bridgehead atoms. The fourth-order valence-electron chi connectivity index (χ4n) is 3.12. The molecule has 7 heteroatoms. The predicted octanol–water partition coefficient (Wildman–Crippen LogP) is 5.84. The maximum absolute atomic E-state index is 12.7. The molecule has 0 aromatic heterocycles. The Morgan fingerprint density at radius 3 is 2.50 bits per heavy atom. The minimum atomic E-state index is -0.378. The van der Waals surface area contributed by atoms with Crippen LogP contribution in [0.3, 0.4) is 0 Å². The largest absolute Gasteiger partial charge is 0.496 e. The number of ether oxygens (including phenoxy) is 3. The topological polar surface area (TPSA) is 69.2 Å². The van der Waals surface area contributed by atoms with E-state index in [4.69, 9.17) is 25.8 Å². The number of hydrazone groups is 1. The lowest BCUT2D eigenvalue weighted by atomic mass is 10.1. The summed E-state index contributed by atoms with van der Waals surface area (Å²) in [5, 5.41) is 6.43. The van der Waals surface area contributed by atoms with E-state index in [-0.39, 0.29) is 12.0 Å². The van der Waals surface area contributed by atoms with Gasteiger partial charge in [-0.15, -0.1) is 0 Å². The molecule has 0 aliphatic heterocycles. The number of benzene rings is 3. The third-order valence-corrected chi connectivity index (χ3v) is 5.20. The number of halogens is 1. The average molecular weight is 455 g/mol. The molecule has 6 nitrogen and oxygen atoms in total. The molecule has 0 saturated heterocycles. The van der Waals surface area contributed by atoms with Crippen LogP contribution in [0.15, 0.2) is 53.6 Å². The highest BCUT2D eigenvalue weighted by molar-refractivity contribution is 6.32. The molecule has 3 aromatic carbocycles. The van der Waals surface area contributed by atoms with Crippen LogP contribution in [-0.2, 0) is 0 Å². The fourth-order valence-corrected chi connectivity index (χ4v) is 3.38. The van der Waals surface area contributed by atoms with Crippen LogP contribution in [0, 0.1) is 0 Å². The first-order chi connectivity index (χ1) is 15.5. The molecule has 3 rings (SSSR count). The summed E-state index contributed by atoms with van der Waals surface area (Å²) in [5.74, 6) is 1.13.